The number of halogens is 1. The lowest BCUT2D eigenvalue weighted by atomic mass is 10.2. The van der Waals surface area contributed by atoms with E-state index in [0.29, 0.717) is 11.6 Å². The largest absolute Gasteiger partial charge is 0.483 e. The van der Waals surface area contributed by atoms with Crippen molar-refractivity contribution in [2.45, 2.75) is 25.4 Å². The second kappa shape index (κ2) is 7.23. The normalized spacial score (nSPS) is 13.5. The molecule has 0 unspecified atom stereocenters. The Kier molecular flexibility index (Phi) is 5.06. The van der Waals surface area contributed by atoms with Gasteiger partial charge in [0.1, 0.15) is 5.75 Å². The summed E-state index contributed by atoms with van der Waals surface area (Å²) in [5, 5.41) is 4.44. The number of nitrogens with two attached hydrogens (primary N) is 1. The number of hydrogen-bond donors (Lipinski definition) is 1. The average molecular weight is 365 g/mol. The third-order valence-electron chi connectivity index (χ3n) is 3.80. The number of amides is 2. The number of primary amides is 1. The summed E-state index contributed by atoms with van der Waals surface area (Å²) in [6, 6.07) is 6.83. The van der Waals surface area contributed by atoms with Crippen LogP contribution in [-0.4, -0.2) is 29.4 Å². The highest BCUT2D eigenvalue weighted by molar-refractivity contribution is 7.07. The lowest BCUT2D eigenvalue weighted by Crippen LogP contribution is -2.36. The molecule has 1 aliphatic rings. The number of rotatable bonds is 7. The predicted octanol–water partition coefficient (Wildman–Crippen LogP) is 3.07. The molecule has 5 nitrogen and oxygen atoms in total. The fraction of sp³-hybridized carbons (Fsp3) is 0.294. The van der Waals surface area contributed by atoms with E-state index in [1.165, 1.54) is 12.1 Å². The Morgan fingerprint density at radius 3 is 2.75 bits per heavy atom. The van der Waals surface area contributed by atoms with Crippen LogP contribution in [0.25, 0.3) is 0 Å². The molecular formula is C17H17ClN2O3S. The van der Waals surface area contributed by atoms with Gasteiger partial charge in [-0.3, -0.25) is 9.59 Å². The molecule has 1 saturated carbocycles. The van der Waals surface area contributed by atoms with Crippen LogP contribution in [0.15, 0.2) is 35.0 Å². The summed E-state index contributed by atoms with van der Waals surface area (Å²) in [6.07, 6.45) is 2.03. The van der Waals surface area contributed by atoms with Gasteiger partial charge in [0.2, 0.25) is 0 Å². The summed E-state index contributed by atoms with van der Waals surface area (Å²) >= 11 is 7.54. The average Bonchev–Trinajstić information content (AvgIpc) is 3.26. The number of carbonyl (C=O) groups excluding carboxylic acids is 2. The van der Waals surface area contributed by atoms with Crippen molar-refractivity contribution in [1.82, 2.24) is 4.90 Å². The van der Waals surface area contributed by atoms with Crippen LogP contribution in [0.3, 0.4) is 0 Å². The molecule has 0 radical (unpaired) electrons. The van der Waals surface area contributed by atoms with Crippen LogP contribution in [0.2, 0.25) is 5.02 Å². The van der Waals surface area contributed by atoms with E-state index in [0.717, 1.165) is 18.4 Å². The summed E-state index contributed by atoms with van der Waals surface area (Å²) in [5.74, 6) is -0.500. The Bertz CT molecular complexity index is 744. The van der Waals surface area contributed by atoms with E-state index in [9.17, 15) is 9.59 Å². The van der Waals surface area contributed by atoms with Gasteiger partial charge in [-0.2, -0.15) is 11.3 Å². The van der Waals surface area contributed by atoms with E-state index >= 15 is 0 Å². The standard InChI is InChI=1S/C17H17ClN2O3S/c18-12-1-4-14(17(19)22)15(7-12)23-9-16(21)20(13-2-3-13)8-11-5-6-24-10-11/h1,4-7,10,13H,2-3,8-9H2,(H2,19,22). The fourth-order valence-electron chi connectivity index (χ4n) is 2.43. The van der Waals surface area contributed by atoms with Crippen LogP contribution in [0.5, 0.6) is 5.75 Å². The molecule has 1 fully saturated rings. The first-order valence-electron chi connectivity index (χ1n) is 7.57. The molecule has 2 amide bonds. The zero-order chi connectivity index (χ0) is 17.1. The molecular weight excluding hydrogens is 348 g/mol. The fourth-order valence-corrected chi connectivity index (χ4v) is 3.25. The van der Waals surface area contributed by atoms with E-state index in [4.69, 9.17) is 22.1 Å². The van der Waals surface area contributed by atoms with Gasteiger partial charge in [-0.15, -0.1) is 0 Å². The molecule has 3 rings (SSSR count). The lowest BCUT2D eigenvalue weighted by molar-refractivity contribution is -0.134. The number of thiophene rings is 1. The first kappa shape index (κ1) is 16.8. The topological polar surface area (TPSA) is 72.6 Å². The number of benzene rings is 1. The van der Waals surface area contributed by atoms with Gasteiger partial charge in [0, 0.05) is 17.6 Å². The highest BCUT2D eigenvalue weighted by atomic mass is 35.5. The second-order valence-corrected chi connectivity index (χ2v) is 6.89. The molecule has 1 aromatic carbocycles. The van der Waals surface area contributed by atoms with Gasteiger partial charge in [0.25, 0.3) is 11.8 Å². The Morgan fingerprint density at radius 1 is 1.33 bits per heavy atom. The Hall–Kier alpha value is -2.05. The zero-order valence-corrected chi connectivity index (χ0v) is 14.5. The number of hydrogen-bond acceptors (Lipinski definition) is 4. The van der Waals surface area contributed by atoms with Gasteiger partial charge in [-0.1, -0.05) is 11.6 Å². The highest BCUT2D eigenvalue weighted by Gasteiger charge is 2.32. The second-order valence-electron chi connectivity index (χ2n) is 5.68. The molecule has 0 saturated heterocycles. The molecule has 0 bridgehead atoms. The minimum Gasteiger partial charge on any atom is -0.483 e. The molecule has 1 aliphatic carbocycles. The molecule has 0 aliphatic heterocycles. The molecule has 7 heteroatoms. The monoisotopic (exact) mass is 364 g/mol. The van der Waals surface area contributed by atoms with Crippen LogP contribution in [0.4, 0.5) is 0 Å². The van der Waals surface area contributed by atoms with Gasteiger partial charge >= 0.3 is 0 Å². The Labute approximate surface area is 149 Å². The maximum absolute atomic E-state index is 12.5. The van der Waals surface area contributed by atoms with Gasteiger partial charge < -0.3 is 15.4 Å². The first-order chi connectivity index (χ1) is 11.5. The smallest absolute Gasteiger partial charge is 0.261 e. The molecule has 0 spiro atoms. The molecule has 1 aromatic heterocycles. The van der Waals surface area contributed by atoms with Gasteiger partial charge in [0.05, 0.1) is 5.56 Å². The molecule has 2 N–H and O–H groups in total. The van der Waals surface area contributed by atoms with E-state index < -0.39 is 5.91 Å². The van der Waals surface area contributed by atoms with E-state index in [1.54, 1.807) is 17.4 Å². The summed E-state index contributed by atoms with van der Waals surface area (Å²) in [5.41, 5.74) is 6.65. The van der Waals surface area contributed by atoms with Crippen LogP contribution in [-0.2, 0) is 11.3 Å². The first-order valence-corrected chi connectivity index (χ1v) is 8.89. The van der Waals surface area contributed by atoms with Crippen LogP contribution >= 0.6 is 22.9 Å². The van der Waals surface area contributed by atoms with Crippen molar-refractivity contribution in [1.29, 1.82) is 0 Å². The summed E-state index contributed by atoms with van der Waals surface area (Å²) in [6.45, 7) is 0.426. The quantitative estimate of drug-likeness (QED) is 0.820. The third-order valence-corrected chi connectivity index (χ3v) is 4.77. The zero-order valence-electron chi connectivity index (χ0n) is 12.9. The van der Waals surface area contributed by atoms with E-state index in [2.05, 4.69) is 0 Å². The maximum atomic E-state index is 12.5. The van der Waals surface area contributed by atoms with Crippen LogP contribution in [0, 0.1) is 0 Å². The van der Waals surface area contributed by atoms with Crippen molar-refractivity contribution < 1.29 is 14.3 Å². The molecule has 126 valence electrons. The number of ether oxygens (including phenoxy) is 1. The van der Waals surface area contributed by atoms with Crippen molar-refractivity contribution in [3.05, 3.63) is 51.2 Å². The van der Waals surface area contributed by atoms with Crippen molar-refractivity contribution in [2.24, 2.45) is 5.73 Å². The van der Waals surface area contributed by atoms with E-state index in [1.807, 2.05) is 21.7 Å². The SMILES string of the molecule is NC(=O)c1ccc(Cl)cc1OCC(=O)N(Cc1ccsc1)C1CC1. The minimum atomic E-state index is -0.619. The Balaban J connectivity index is 1.68. The summed E-state index contributed by atoms with van der Waals surface area (Å²) in [4.78, 5) is 25.8. The molecule has 2 aromatic rings. The van der Waals surface area contributed by atoms with E-state index in [-0.39, 0.29) is 29.9 Å². The van der Waals surface area contributed by atoms with Crippen LogP contribution in [0.1, 0.15) is 28.8 Å². The molecule has 0 atom stereocenters. The predicted molar refractivity (Wildman–Crippen MR) is 93.4 cm³/mol. The maximum Gasteiger partial charge on any atom is 0.261 e. The van der Waals surface area contributed by atoms with Crippen molar-refractivity contribution in [3.8, 4) is 5.75 Å². The van der Waals surface area contributed by atoms with Gasteiger partial charge in [0.15, 0.2) is 6.61 Å². The number of nitrogens with zero attached hydrogens (tertiary/aromatic N) is 1. The number of carbonyl (C=O) groups is 2. The van der Waals surface area contributed by atoms with Gasteiger partial charge in [-0.05, 0) is 53.4 Å². The van der Waals surface area contributed by atoms with Crippen molar-refractivity contribution >= 4 is 34.8 Å². The lowest BCUT2D eigenvalue weighted by Gasteiger charge is -2.22. The molecule has 1 heterocycles. The summed E-state index contributed by atoms with van der Waals surface area (Å²) in [7, 11) is 0. The van der Waals surface area contributed by atoms with Crippen LogP contribution < -0.4 is 10.5 Å². The van der Waals surface area contributed by atoms with Gasteiger partial charge in [-0.25, -0.2) is 0 Å². The summed E-state index contributed by atoms with van der Waals surface area (Å²) < 4.78 is 5.55. The third kappa shape index (κ3) is 4.07. The van der Waals surface area contributed by atoms with Crippen molar-refractivity contribution in [3.63, 3.8) is 0 Å². The van der Waals surface area contributed by atoms with Crippen molar-refractivity contribution in [2.75, 3.05) is 6.61 Å². The Morgan fingerprint density at radius 2 is 2.12 bits per heavy atom. The highest BCUT2D eigenvalue weighted by Crippen LogP contribution is 2.29. The minimum absolute atomic E-state index is 0.112. The molecule has 24 heavy (non-hydrogen) atoms.